The summed E-state index contributed by atoms with van der Waals surface area (Å²) in [4.78, 5) is 14.3. The first kappa shape index (κ1) is 26.5. The number of nitrogens with zero attached hydrogens (tertiary/aromatic N) is 2. The van der Waals surface area contributed by atoms with E-state index in [1.165, 1.54) is 42.0 Å². The summed E-state index contributed by atoms with van der Waals surface area (Å²) in [6, 6.07) is 17.3. The molecule has 196 valence electrons. The van der Waals surface area contributed by atoms with Gasteiger partial charge < -0.3 is 10.5 Å². The summed E-state index contributed by atoms with van der Waals surface area (Å²) in [6.07, 6.45) is -2.69. The lowest BCUT2D eigenvalue weighted by molar-refractivity contribution is -0.137. The number of carbonyl (C=O) groups is 1. The largest absolute Gasteiger partial charge is 0.457 e. The first-order valence-electron chi connectivity index (χ1n) is 11.4. The minimum absolute atomic E-state index is 0.171. The molecule has 0 saturated heterocycles. The molecule has 3 aromatic carbocycles. The van der Waals surface area contributed by atoms with E-state index in [1.54, 1.807) is 0 Å². The highest BCUT2D eigenvalue weighted by molar-refractivity contribution is 7.92. The van der Waals surface area contributed by atoms with Crippen molar-refractivity contribution in [2.75, 3.05) is 23.7 Å². The predicted octanol–water partition coefficient (Wildman–Crippen LogP) is 4.18. The van der Waals surface area contributed by atoms with E-state index in [0.29, 0.717) is 24.5 Å². The SMILES string of the molecule is CS(=O)(=O)N(C[C@@H](C(N)=O)N1CCc2ccccc2C1)c1ccc(Oc2ccc(C(F)(F)F)cc2)cc1. The number of rotatable bonds is 8. The van der Waals surface area contributed by atoms with Gasteiger partial charge in [0.2, 0.25) is 15.9 Å². The zero-order chi connectivity index (χ0) is 26.8. The highest BCUT2D eigenvalue weighted by Crippen LogP contribution is 2.32. The van der Waals surface area contributed by atoms with Crippen LogP contribution in [-0.2, 0) is 34.0 Å². The molecule has 0 spiro atoms. The maximum absolute atomic E-state index is 12.8. The fourth-order valence-electron chi connectivity index (χ4n) is 4.29. The van der Waals surface area contributed by atoms with E-state index >= 15 is 0 Å². The van der Waals surface area contributed by atoms with E-state index in [4.69, 9.17) is 10.5 Å². The highest BCUT2D eigenvalue weighted by Gasteiger charge is 2.32. The van der Waals surface area contributed by atoms with E-state index in [2.05, 4.69) is 0 Å². The van der Waals surface area contributed by atoms with Gasteiger partial charge in [-0.15, -0.1) is 0 Å². The molecule has 2 N–H and O–H groups in total. The summed E-state index contributed by atoms with van der Waals surface area (Å²) in [6.45, 7) is 0.860. The van der Waals surface area contributed by atoms with Crippen molar-refractivity contribution in [1.82, 2.24) is 4.90 Å². The highest BCUT2D eigenvalue weighted by atomic mass is 32.2. The Morgan fingerprint density at radius 1 is 1.00 bits per heavy atom. The molecule has 11 heteroatoms. The van der Waals surface area contributed by atoms with Crippen molar-refractivity contribution in [3.63, 3.8) is 0 Å². The molecule has 37 heavy (non-hydrogen) atoms. The van der Waals surface area contributed by atoms with Gasteiger partial charge in [-0.25, -0.2) is 8.42 Å². The van der Waals surface area contributed by atoms with Gasteiger partial charge in [0.15, 0.2) is 0 Å². The molecule has 1 heterocycles. The van der Waals surface area contributed by atoms with Crippen LogP contribution in [0.1, 0.15) is 16.7 Å². The van der Waals surface area contributed by atoms with Crippen LogP contribution >= 0.6 is 0 Å². The second-order valence-electron chi connectivity index (χ2n) is 8.82. The maximum atomic E-state index is 12.8. The van der Waals surface area contributed by atoms with Crippen LogP contribution in [0.25, 0.3) is 0 Å². The van der Waals surface area contributed by atoms with Gasteiger partial charge in [-0.05, 0) is 66.1 Å². The number of nitrogens with two attached hydrogens (primary N) is 1. The number of amides is 1. The molecular formula is C26H26F3N3O4S. The second kappa shape index (κ2) is 10.4. The lowest BCUT2D eigenvalue weighted by Gasteiger charge is -2.36. The van der Waals surface area contributed by atoms with Gasteiger partial charge in [0, 0.05) is 13.1 Å². The number of fused-ring (bicyclic) bond motifs is 1. The summed E-state index contributed by atoms with van der Waals surface area (Å²) < 4.78 is 70.4. The Balaban J connectivity index is 1.51. The van der Waals surface area contributed by atoms with E-state index < -0.39 is 33.7 Å². The van der Waals surface area contributed by atoms with Gasteiger partial charge >= 0.3 is 6.18 Å². The lowest BCUT2D eigenvalue weighted by atomic mass is 9.98. The van der Waals surface area contributed by atoms with E-state index in [0.717, 1.165) is 34.7 Å². The smallest absolute Gasteiger partial charge is 0.416 e. The van der Waals surface area contributed by atoms with E-state index in [-0.39, 0.29) is 12.3 Å². The summed E-state index contributed by atoms with van der Waals surface area (Å²) in [5.74, 6) is -0.133. The molecule has 0 aromatic heterocycles. The average Bonchev–Trinajstić information content (AvgIpc) is 2.84. The number of hydrogen-bond acceptors (Lipinski definition) is 5. The molecular weight excluding hydrogens is 507 g/mol. The maximum Gasteiger partial charge on any atom is 0.416 e. The minimum atomic E-state index is -4.45. The molecule has 3 aromatic rings. The predicted molar refractivity (Wildman–Crippen MR) is 134 cm³/mol. The fourth-order valence-corrected chi connectivity index (χ4v) is 5.20. The van der Waals surface area contributed by atoms with Gasteiger partial charge in [0.1, 0.15) is 17.5 Å². The third-order valence-electron chi connectivity index (χ3n) is 6.21. The zero-order valence-electron chi connectivity index (χ0n) is 20.0. The van der Waals surface area contributed by atoms with Crippen LogP contribution in [0.5, 0.6) is 11.5 Å². The molecule has 7 nitrogen and oxygen atoms in total. The van der Waals surface area contributed by atoms with Crippen molar-refractivity contribution in [2.24, 2.45) is 5.73 Å². The molecule has 1 aliphatic heterocycles. The quantitative estimate of drug-likeness (QED) is 0.469. The number of carbonyl (C=O) groups excluding carboxylic acids is 1. The Bertz CT molecular complexity index is 1360. The molecule has 1 atom stereocenters. The summed E-state index contributed by atoms with van der Waals surface area (Å²) >= 11 is 0. The number of benzene rings is 3. The Hall–Kier alpha value is -3.57. The zero-order valence-corrected chi connectivity index (χ0v) is 20.8. The molecule has 4 rings (SSSR count). The Labute approximate surface area is 213 Å². The monoisotopic (exact) mass is 533 g/mol. The van der Waals surface area contributed by atoms with Crippen LogP contribution in [0, 0.1) is 0 Å². The van der Waals surface area contributed by atoms with Crippen molar-refractivity contribution >= 4 is 21.6 Å². The van der Waals surface area contributed by atoms with Crippen molar-refractivity contribution in [2.45, 2.75) is 25.2 Å². The minimum Gasteiger partial charge on any atom is -0.457 e. The number of anilines is 1. The number of halogens is 3. The third kappa shape index (κ3) is 6.41. The van der Waals surface area contributed by atoms with Crippen molar-refractivity contribution in [3.05, 3.63) is 89.5 Å². The lowest BCUT2D eigenvalue weighted by Crippen LogP contribution is -2.53. The molecule has 0 radical (unpaired) electrons. The molecule has 0 fully saturated rings. The Kier molecular flexibility index (Phi) is 7.47. The van der Waals surface area contributed by atoms with Crippen LogP contribution < -0.4 is 14.8 Å². The molecule has 0 bridgehead atoms. The normalized spacial score (nSPS) is 15.0. The number of hydrogen-bond donors (Lipinski definition) is 1. The van der Waals surface area contributed by atoms with Crippen LogP contribution in [0.15, 0.2) is 72.8 Å². The van der Waals surface area contributed by atoms with Crippen molar-refractivity contribution in [1.29, 1.82) is 0 Å². The Morgan fingerprint density at radius 2 is 1.57 bits per heavy atom. The van der Waals surface area contributed by atoms with Crippen LogP contribution in [0.3, 0.4) is 0 Å². The summed E-state index contributed by atoms with van der Waals surface area (Å²) in [5, 5.41) is 0. The van der Waals surface area contributed by atoms with Crippen LogP contribution in [-0.4, -0.2) is 44.6 Å². The molecule has 1 amide bonds. The average molecular weight is 534 g/mol. The first-order chi connectivity index (χ1) is 17.4. The number of primary amides is 1. The van der Waals surface area contributed by atoms with E-state index in [9.17, 15) is 26.4 Å². The van der Waals surface area contributed by atoms with Crippen LogP contribution in [0.4, 0.5) is 18.9 Å². The standard InChI is InChI=1S/C26H26F3N3O4S/c1-37(34,35)32(17-24(25(30)33)31-15-14-18-4-2-3-5-19(18)16-31)21-8-12-23(13-9-21)36-22-10-6-20(7-11-22)26(27,28)29/h2-13,24H,14-17H2,1H3,(H2,30,33)/t24-/m0/s1. The first-order valence-corrected chi connectivity index (χ1v) is 13.3. The third-order valence-corrected chi connectivity index (χ3v) is 7.37. The fraction of sp³-hybridized carbons (Fsp3) is 0.269. The Morgan fingerprint density at radius 3 is 2.11 bits per heavy atom. The number of ether oxygens (including phenoxy) is 1. The van der Waals surface area contributed by atoms with Gasteiger partial charge in [0.05, 0.1) is 24.1 Å². The van der Waals surface area contributed by atoms with Crippen molar-refractivity contribution in [3.8, 4) is 11.5 Å². The van der Waals surface area contributed by atoms with Gasteiger partial charge in [0.25, 0.3) is 0 Å². The molecule has 1 aliphatic rings. The van der Waals surface area contributed by atoms with Gasteiger partial charge in [-0.2, -0.15) is 13.2 Å². The number of alkyl halides is 3. The van der Waals surface area contributed by atoms with Crippen molar-refractivity contribution < 1.29 is 31.1 Å². The molecule has 0 unspecified atom stereocenters. The summed E-state index contributed by atoms with van der Waals surface area (Å²) in [5.41, 5.74) is 7.47. The molecule has 0 aliphatic carbocycles. The summed E-state index contributed by atoms with van der Waals surface area (Å²) in [7, 11) is -3.78. The van der Waals surface area contributed by atoms with E-state index in [1.807, 2.05) is 29.2 Å². The second-order valence-corrected chi connectivity index (χ2v) is 10.7. The molecule has 0 saturated carbocycles. The van der Waals surface area contributed by atoms with Gasteiger partial charge in [-0.1, -0.05) is 24.3 Å². The number of sulfonamides is 1. The van der Waals surface area contributed by atoms with Gasteiger partial charge in [-0.3, -0.25) is 14.0 Å². The topological polar surface area (TPSA) is 92.9 Å². The van der Waals surface area contributed by atoms with Crippen LogP contribution in [0.2, 0.25) is 0 Å².